The average molecular weight is 528 g/mol. The van der Waals surface area contributed by atoms with Crippen molar-refractivity contribution in [3.05, 3.63) is 68.3 Å². The summed E-state index contributed by atoms with van der Waals surface area (Å²) in [5.41, 5.74) is 9.95. The van der Waals surface area contributed by atoms with Gasteiger partial charge < -0.3 is 9.47 Å². The Morgan fingerprint density at radius 3 is 1.87 bits per heavy atom. The van der Waals surface area contributed by atoms with Gasteiger partial charge >= 0.3 is 0 Å². The molecule has 3 aromatic carbocycles. The molecule has 0 saturated heterocycles. The van der Waals surface area contributed by atoms with Gasteiger partial charge in [0.15, 0.2) is 0 Å². The zero-order valence-corrected chi connectivity index (χ0v) is 22.0. The number of halogens is 1. The summed E-state index contributed by atoms with van der Waals surface area (Å²) < 4.78 is 13.2. The largest absolute Gasteiger partial charge is 0.496 e. The lowest BCUT2D eigenvalue weighted by atomic mass is 9.80. The van der Waals surface area contributed by atoms with Crippen molar-refractivity contribution in [1.82, 2.24) is 0 Å². The highest BCUT2D eigenvalue weighted by Gasteiger charge is 2.27. The normalized spacial score (nSPS) is 11.3. The first-order valence-electron chi connectivity index (χ1n) is 10.9. The van der Waals surface area contributed by atoms with Crippen LogP contribution in [0.4, 0.5) is 0 Å². The fraction of sp³-hybridized carbons (Fsp3) is 0.357. The SMILES string of the molecule is COc1cccc(I)c1-c1c(C(C)C)cc(-c2c(C)cccc2C)c(OC)c1C(C)C. The monoisotopic (exact) mass is 528 g/mol. The molecule has 31 heavy (non-hydrogen) atoms. The Balaban J connectivity index is 2.56. The second kappa shape index (κ2) is 9.64. The molecule has 0 aromatic heterocycles. The van der Waals surface area contributed by atoms with Crippen LogP contribution in [0.25, 0.3) is 22.3 Å². The van der Waals surface area contributed by atoms with Crippen LogP contribution in [-0.4, -0.2) is 14.2 Å². The molecule has 0 radical (unpaired) electrons. The number of hydrogen-bond donors (Lipinski definition) is 0. The molecule has 0 aliphatic heterocycles. The molecular weight excluding hydrogens is 495 g/mol. The Morgan fingerprint density at radius 1 is 0.742 bits per heavy atom. The van der Waals surface area contributed by atoms with Crippen LogP contribution < -0.4 is 9.47 Å². The molecule has 0 aliphatic rings. The number of benzene rings is 3. The van der Waals surface area contributed by atoms with Gasteiger partial charge in [-0.05, 0) is 94.3 Å². The highest BCUT2D eigenvalue weighted by Crippen LogP contribution is 2.50. The van der Waals surface area contributed by atoms with Crippen molar-refractivity contribution in [3.63, 3.8) is 0 Å². The van der Waals surface area contributed by atoms with Crippen LogP contribution in [-0.2, 0) is 0 Å². The molecule has 0 atom stereocenters. The Hall–Kier alpha value is -2.01. The molecule has 0 saturated carbocycles. The summed E-state index contributed by atoms with van der Waals surface area (Å²) in [6.45, 7) is 13.4. The van der Waals surface area contributed by atoms with Gasteiger partial charge in [-0.1, -0.05) is 52.0 Å². The molecule has 0 aliphatic carbocycles. The van der Waals surface area contributed by atoms with Gasteiger partial charge in [0, 0.05) is 20.3 Å². The molecule has 3 heteroatoms. The first-order valence-corrected chi connectivity index (χ1v) is 11.9. The highest BCUT2D eigenvalue weighted by molar-refractivity contribution is 14.1. The zero-order chi connectivity index (χ0) is 22.9. The number of aryl methyl sites for hydroxylation is 2. The Bertz CT molecular complexity index is 1080. The van der Waals surface area contributed by atoms with Crippen LogP contribution >= 0.6 is 22.6 Å². The maximum Gasteiger partial charge on any atom is 0.130 e. The zero-order valence-electron chi connectivity index (χ0n) is 19.9. The van der Waals surface area contributed by atoms with E-state index in [1.165, 1.54) is 42.5 Å². The summed E-state index contributed by atoms with van der Waals surface area (Å²) in [5.74, 6) is 2.50. The van der Waals surface area contributed by atoms with E-state index in [1.807, 2.05) is 0 Å². The molecule has 3 rings (SSSR count). The molecule has 0 fully saturated rings. The molecule has 0 amide bonds. The summed E-state index contributed by atoms with van der Waals surface area (Å²) in [7, 11) is 3.55. The lowest BCUT2D eigenvalue weighted by Crippen LogP contribution is -2.07. The molecular formula is C28H33IO2. The summed E-state index contributed by atoms with van der Waals surface area (Å²) >= 11 is 2.43. The molecule has 0 N–H and O–H groups in total. The van der Waals surface area contributed by atoms with E-state index < -0.39 is 0 Å². The van der Waals surface area contributed by atoms with Crippen molar-refractivity contribution in [1.29, 1.82) is 0 Å². The molecule has 0 unspecified atom stereocenters. The van der Waals surface area contributed by atoms with E-state index in [4.69, 9.17) is 9.47 Å². The summed E-state index contributed by atoms with van der Waals surface area (Å²) in [6.07, 6.45) is 0. The first kappa shape index (κ1) is 23.6. The van der Waals surface area contributed by atoms with E-state index in [9.17, 15) is 0 Å². The predicted molar refractivity (Wildman–Crippen MR) is 141 cm³/mol. The van der Waals surface area contributed by atoms with Crippen LogP contribution in [0.2, 0.25) is 0 Å². The van der Waals surface area contributed by atoms with Crippen molar-refractivity contribution in [2.45, 2.75) is 53.4 Å². The summed E-state index contributed by atoms with van der Waals surface area (Å²) in [6, 6.07) is 15.1. The lowest BCUT2D eigenvalue weighted by molar-refractivity contribution is 0.408. The van der Waals surface area contributed by atoms with E-state index in [1.54, 1.807) is 14.2 Å². The van der Waals surface area contributed by atoms with E-state index >= 15 is 0 Å². The summed E-state index contributed by atoms with van der Waals surface area (Å²) in [4.78, 5) is 0. The quantitative estimate of drug-likeness (QED) is 0.299. The minimum atomic E-state index is 0.285. The maximum atomic E-state index is 6.17. The van der Waals surface area contributed by atoms with Gasteiger partial charge in [0.2, 0.25) is 0 Å². The lowest BCUT2D eigenvalue weighted by Gasteiger charge is -2.28. The van der Waals surface area contributed by atoms with E-state index in [-0.39, 0.29) is 5.92 Å². The number of methoxy groups -OCH3 is 2. The Morgan fingerprint density at radius 2 is 1.35 bits per heavy atom. The minimum absolute atomic E-state index is 0.285. The van der Waals surface area contributed by atoms with E-state index in [0.29, 0.717) is 5.92 Å². The minimum Gasteiger partial charge on any atom is -0.496 e. The van der Waals surface area contributed by atoms with Gasteiger partial charge in [-0.2, -0.15) is 0 Å². The van der Waals surface area contributed by atoms with Gasteiger partial charge in [0.25, 0.3) is 0 Å². The van der Waals surface area contributed by atoms with Gasteiger partial charge in [-0.15, -0.1) is 0 Å². The van der Waals surface area contributed by atoms with Gasteiger partial charge in [-0.25, -0.2) is 0 Å². The average Bonchev–Trinajstić information content (AvgIpc) is 2.72. The predicted octanol–water partition coefficient (Wildman–Crippen LogP) is 8.51. The second-order valence-corrected chi connectivity index (χ2v) is 9.89. The van der Waals surface area contributed by atoms with Gasteiger partial charge in [0.1, 0.15) is 11.5 Å². The Kier molecular flexibility index (Phi) is 7.35. The molecule has 2 nitrogen and oxygen atoms in total. The van der Waals surface area contributed by atoms with Crippen molar-refractivity contribution in [2.24, 2.45) is 0 Å². The van der Waals surface area contributed by atoms with Crippen molar-refractivity contribution in [2.75, 3.05) is 14.2 Å². The van der Waals surface area contributed by atoms with Crippen LogP contribution in [0.3, 0.4) is 0 Å². The van der Waals surface area contributed by atoms with Crippen molar-refractivity contribution >= 4 is 22.6 Å². The fourth-order valence-corrected chi connectivity index (χ4v) is 5.30. The third kappa shape index (κ3) is 4.34. The molecule has 0 heterocycles. The fourth-order valence-electron chi connectivity index (χ4n) is 4.55. The third-order valence-electron chi connectivity index (χ3n) is 5.95. The maximum absolute atomic E-state index is 6.17. The first-order chi connectivity index (χ1) is 14.7. The van der Waals surface area contributed by atoms with Crippen LogP contribution in [0, 0.1) is 17.4 Å². The van der Waals surface area contributed by atoms with E-state index in [0.717, 1.165) is 17.1 Å². The van der Waals surface area contributed by atoms with Gasteiger partial charge in [0.05, 0.1) is 14.2 Å². The summed E-state index contributed by atoms with van der Waals surface area (Å²) in [5, 5.41) is 0. The number of hydrogen-bond acceptors (Lipinski definition) is 2. The molecule has 164 valence electrons. The van der Waals surface area contributed by atoms with Crippen molar-refractivity contribution in [3.8, 4) is 33.8 Å². The smallest absolute Gasteiger partial charge is 0.130 e. The third-order valence-corrected chi connectivity index (χ3v) is 6.85. The van der Waals surface area contributed by atoms with Crippen molar-refractivity contribution < 1.29 is 9.47 Å². The molecule has 3 aromatic rings. The standard InChI is InChI=1S/C28H33IO2/c1-16(2)20-15-21(25-18(5)11-9-12-19(25)6)28(31-8)24(17(3)4)26(20)27-22(29)13-10-14-23(27)30-7/h9-17H,1-8H3. The van der Waals surface area contributed by atoms with E-state index in [2.05, 4.69) is 107 Å². The second-order valence-electron chi connectivity index (χ2n) is 8.73. The highest BCUT2D eigenvalue weighted by atomic mass is 127. The van der Waals surface area contributed by atoms with Crippen LogP contribution in [0.1, 0.15) is 61.8 Å². The van der Waals surface area contributed by atoms with Gasteiger partial charge in [-0.3, -0.25) is 0 Å². The molecule has 0 bridgehead atoms. The Labute approximate surface area is 201 Å². The number of ether oxygens (including phenoxy) is 2. The molecule has 0 spiro atoms. The van der Waals surface area contributed by atoms with Crippen LogP contribution in [0.5, 0.6) is 11.5 Å². The van der Waals surface area contributed by atoms with Crippen LogP contribution in [0.15, 0.2) is 42.5 Å². The topological polar surface area (TPSA) is 18.5 Å². The number of rotatable bonds is 6.